The summed E-state index contributed by atoms with van der Waals surface area (Å²) in [6.07, 6.45) is 3.62. The van der Waals surface area contributed by atoms with E-state index >= 15 is 0 Å². The summed E-state index contributed by atoms with van der Waals surface area (Å²) in [6.45, 7) is 10.8. The van der Waals surface area contributed by atoms with Crippen molar-refractivity contribution in [3.63, 3.8) is 0 Å². The lowest BCUT2D eigenvalue weighted by Gasteiger charge is -2.20. The number of carbonyl (C=O) groups excluding carboxylic acids is 3. The number of H-pyrrole nitrogens is 1. The molecule has 1 saturated heterocycles. The largest absolute Gasteiger partial charge is 0.355 e. The summed E-state index contributed by atoms with van der Waals surface area (Å²) >= 11 is 1.35. The van der Waals surface area contributed by atoms with E-state index in [4.69, 9.17) is 0 Å². The molecular weight excluding hydrogens is 414 g/mol. The molecule has 1 N–H and O–H groups in total. The van der Waals surface area contributed by atoms with Crippen LogP contribution in [0.2, 0.25) is 0 Å². The van der Waals surface area contributed by atoms with Gasteiger partial charge in [-0.2, -0.15) is 0 Å². The molecule has 1 atom stereocenters. The van der Waals surface area contributed by atoms with E-state index < -0.39 is 5.25 Å². The Morgan fingerprint density at radius 2 is 1.94 bits per heavy atom. The van der Waals surface area contributed by atoms with Gasteiger partial charge in [0.25, 0.3) is 0 Å². The number of aromatic nitrogens is 4. The van der Waals surface area contributed by atoms with Crippen LogP contribution in [0.3, 0.4) is 0 Å². The fourth-order valence-corrected chi connectivity index (χ4v) is 5.15. The highest BCUT2D eigenvalue weighted by molar-refractivity contribution is 8.00. The third kappa shape index (κ3) is 4.92. The van der Waals surface area contributed by atoms with Crippen molar-refractivity contribution >= 4 is 29.2 Å². The van der Waals surface area contributed by atoms with E-state index in [0.29, 0.717) is 47.2 Å². The maximum Gasteiger partial charge on any atom is 0.222 e. The second-order valence-electron chi connectivity index (χ2n) is 8.07. The fraction of sp³-hybridized carbons (Fsp3) is 0.591. The highest BCUT2D eigenvalue weighted by atomic mass is 32.2. The SMILES string of the molecule is CCn1c(CN2CCCCCC2=O)nnc1S[C@H](C)C(=O)c1[nH]c(C)c(C(C)=O)c1C. The van der Waals surface area contributed by atoms with Gasteiger partial charge in [-0.3, -0.25) is 14.4 Å². The van der Waals surface area contributed by atoms with Gasteiger partial charge in [-0.25, -0.2) is 0 Å². The highest BCUT2D eigenvalue weighted by Crippen LogP contribution is 2.28. The Bertz CT molecular complexity index is 994. The Balaban J connectivity index is 1.77. The molecule has 0 aliphatic carbocycles. The second-order valence-corrected chi connectivity index (χ2v) is 9.38. The molecule has 1 aliphatic heterocycles. The first-order valence-electron chi connectivity index (χ1n) is 10.8. The Kier molecular flexibility index (Phi) is 7.35. The number of carbonyl (C=O) groups is 3. The number of likely N-dealkylation sites (tertiary alicyclic amines) is 1. The van der Waals surface area contributed by atoms with Gasteiger partial charge in [-0.15, -0.1) is 10.2 Å². The summed E-state index contributed by atoms with van der Waals surface area (Å²) in [7, 11) is 0. The van der Waals surface area contributed by atoms with Crippen molar-refractivity contribution in [1.82, 2.24) is 24.6 Å². The smallest absolute Gasteiger partial charge is 0.222 e. The first-order valence-corrected chi connectivity index (χ1v) is 11.7. The van der Waals surface area contributed by atoms with Crippen LogP contribution in [-0.4, -0.2) is 53.9 Å². The molecule has 0 bridgehead atoms. The number of aryl methyl sites for hydroxylation is 1. The van der Waals surface area contributed by atoms with Crippen LogP contribution >= 0.6 is 11.8 Å². The van der Waals surface area contributed by atoms with Crippen molar-refractivity contribution in [2.45, 2.75) is 83.8 Å². The Hall–Kier alpha value is -2.42. The van der Waals surface area contributed by atoms with Crippen LogP contribution in [-0.2, 0) is 17.9 Å². The molecule has 8 nitrogen and oxygen atoms in total. The van der Waals surface area contributed by atoms with E-state index in [1.54, 1.807) is 6.92 Å². The quantitative estimate of drug-likeness (QED) is 0.491. The van der Waals surface area contributed by atoms with E-state index in [1.165, 1.54) is 18.7 Å². The average Bonchev–Trinajstić information content (AvgIpc) is 3.16. The van der Waals surface area contributed by atoms with E-state index in [-0.39, 0.29) is 17.5 Å². The lowest BCUT2D eigenvalue weighted by Crippen LogP contribution is -2.31. The van der Waals surface area contributed by atoms with Crippen LogP contribution in [0.15, 0.2) is 5.16 Å². The standard InChI is InChI=1S/C22H31N5O3S/c1-6-27-17(12-26-11-9-7-8-10-18(26)29)24-25-22(27)31-16(5)21(30)20-13(2)19(15(4)28)14(3)23-20/h16,23H,6-12H2,1-5H3/t16-/m1/s1. The lowest BCUT2D eigenvalue weighted by molar-refractivity contribution is -0.131. The summed E-state index contributed by atoms with van der Waals surface area (Å²) in [5, 5.41) is 8.89. The Labute approximate surface area is 187 Å². The van der Waals surface area contributed by atoms with Crippen molar-refractivity contribution in [3.8, 4) is 0 Å². The zero-order chi connectivity index (χ0) is 22.7. The topological polar surface area (TPSA) is 101 Å². The molecule has 3 heterocycles. The molecule has 2 aromatic heterocycles. The van der Waals surface area contributed by atoms with Crippen LogP contribution in [0.4, 0.5) is 0 Å². The molecule has 0 spiro atoms. The zero-order valence-electron chi connectivity index (χ0n) is 18.9. The molecule has 9 heteroatoms. The molecule has 0 radical (unpaired) electrons. The molecule has 31 heavy (non-hydrogen) atoms. The molecule has 0 unspecified atom stereocenters. The normalized spacial score (nSPS) is 15.8. The molecule has 0 saturated carbocycles. The monoisotopic (exact) mass is 445 g/mol. The predicted octanol–water partition coefficient (Wildman–Crippen LogP) is 3.71. The summed E-state index contributed by atoms with van der Waals surface area (Å²) < 4.78 is 1.97. The number of hydrogen-bond donors (Lipinski definition) is 1. The van der Waals surface area contributed by atoms with Crippen molar-refractivity contribution in [3.05, 3.63) is 28.3 Å². The van der Waals surface area contributed by atoms with Crippen LogP contribution in [0, 0.1) is 13.8 Å². The molecule has 1 fully saturated rings. The Morgan fingerprint density at radius 3 is 2.58 bits per heavy atom. The number of hydrogen-bond acceptors (Lipinski definition) is 6. The molecule has 0 aromatic carbocycles. The van der Waals surface area contributed by atoms with Gasteiger partial charge in [0, 0.05) is 30.8 Å². The summed E-state index contributed by atoms with van der Waals surface area (Å²) in [4.78, 5) is 42.3. The predicted molar refractivity (Wildman–Crippen MR) is 120 cm³/mol. The third-order valence-corrected chi connectivity index (χ3v) is 6.88. The average molecular weight is 446 g/mol. The second kappa shape index (κ2) is 9.80. The molecule has 1 amide bonds. The summed E-state index contributed by atoms with van der Waals surface area (Å²) in [6, 6.07) is 0. The minimum Gasteiger partial charge on any atom is -0.355 e. The minimum atomic E-state index is -0.404. The van der Waals surface area contributed by atoms with Crippen molar-refractivity contribution < 1.29 is 14.4 Å². The van der Waals surface area contributed by atoms with Gasteiger partial charge < -0.3 is 14.5 Å². The van der Waals surface area contributed by atoms with Gasteiger partial charge in [0.05, 0.1) is 17.5 Å². The number of thioether (sulfide) groups is 1. The van der Waals surface area contributed by atoms with Gasteiger partial charge in [0.15, 0.2) is 22.5 Å². The van der Waals surface area contributed by atoms with Crippen LogP contribution < -0.4 is 0 Å². The molecule has 1 aliphatic rings. The zero-order valence-corrected chi connectivity index (χ0v) is 19.8. The van der Waals surface area contributed by atoms with Crippen molar-refractivity contribution in [2.24, 2.45) is 0 Å². The number of nitrogens with one attached hydrogen (secondary N) is 1. The molecule has 2 aromatic rings. The van der Waals surface area contributed by atoms with Crippen LogP contribution in [0.1, 0.15) is 84.4 Å². The summed E-state index contributed by atoms with van der Waals surface area (Å²) in [5.41, 5.74) is 2.47. The maximum absolute atomic E-state index is 13.1. The number of amides is 1. The van der Waals surface area contributed by atoms with E-state index in [1.807, 2.05) is 30.2 Å². The first-order chi connectivity index (χ1) is 14.7. The minimum absolute atomic E-state index is 0.0518. The van der Waals surface area contributed by atoms with Gasteiger partial charge in [0.1, 0.15) is 0 Å². The van der Waals surface area contributed by atoms with E-state index in [0.717, 1.165) is 31.6 Å². The van der Waals surface area contributed by atoms with Gasteiger partial charge in [-0.1, -0.05) is 18.2 Å². The van der Waals surface area contributed by atoms with Crippen LogP contribution in [0.25, 0.3) is 0 Å². The Morgan fingerprint density at radius 1 is 1.19 bits per heavy atom. The highest BCUT2D eigenvalue weighted by Gasteiger charge is 2.27. The first kappa shape index (κ1) is 23.2. The third-order valence-electron chi connectivity index (χ3n) is 5.80. The summed E-state index contributed by atoms with van der Waals surface area (Å²) in [5.74, 6) is 0.780. The molecular formula is C22H31N5O3S. The number of nitrogens with zero attached hydrogens (tertiary/aromatic N) is 4. The molecule has 3 rings (SSSR count). The van der Waals surface area contributed by atoms with Gasteiger partial charge >= 0.3 is 0 Å². The maximum atomic E-state index is 13.1. The van der Waals surface area contributed by atoms with Crippen molar-refractivity contribution in [1.29, 1.82) is 0 Å². The van der Waals surface area contributed by atoms with Crippen LogP contribution in [0.5, 0.6) is 0 Å². The van der Waals surface area contributed by atoms with Gasteiger partial charge in [0.2, 0.25) is 5.91 Å². The fourth-order valence-electron chi connectivity index (χ4n) is 4.16. The van der Waals surface area contributed by atoms with E-state index in [9.17, 15) is 14.4 Å². The van der Waals surface area contributed by atoms with Crippen molar-refractivity contribution in [2.75, 3.05) is 6.54 Å². The van der Waals surface area contributed by atoms with Gasteiger partial charge in [-0.05, 0) is 53.0 Å². The number of rotatable bonds is 8. The lowest BCUT2D eigenvalue weighted by atomic mass is 10.0. The number of Topliss-reactive ketones (excluding diaryl/α,β-unsaturated/α-hetero) is 2. The number of ketones is 2. The number of aromatic amines is 1. The van der Waals surface area contributed by atoms with E-state index in [2.05, 4.69) is 15.2 Å². The molecule has 168 valence electrons.